The van der Waals surface area contributed by atoms with E-state index in [2.05, 4.69) is 13.0 Å². The Balaban J connectivity index is 1.30. The topological polar surface area (TPSA) is 20.2 Å². The number of aliphatic hydroxyl groups excluding tert-OH is 1. The Kier molecular flexibility index (Phi) is 8.56. The second kappa shape index (κ2) is 10.9. The van der Waals surface area contributed by atoms with Gasteiger partial charge < -0.3 is 5.11 Å². The lowest BCUT2D eigenvalue weighted by Gasteiger charge is -2.34. The minimum atomic E-state index is 0.00248. The van der Waals surface area contributed by atoms with Crippen LogP contribution in [0.3, 0.4) is 0 Å². The van der Waals surface area contributed by atoms with Crippen molar-refractivity contribution in [3.05, 3.63) is 11.6 Å². The van der Waals surface area contributed by atoms with Crippen LogP contribution in [-0.4, -0.2) is 11.2 Å². The molecular formula is C25H44O. The standard InChI is InChI=1S/C25H44O/c1-2-3-4-5-20-6-8-21(9-7-20)10-11-22-12-14-23(15-13-22)24-16-18-25(26)19-17-24/h12,20-21,23-26H,2-11,13-19H2,1H3. The van der Waals surface area contributed by atoms with Crippen molar-refractivity contribution in [3.8, 4) is 0 Å². The van der Waals surface area contributed by atoms with Gasteiger partial charge in [0.2, 0.25) is 0 Å². The molecule has 0 aromatic rings. The fourth-order valence-electron chi connectivity index (χ4n) is 6.02. The highest BCUT2D eigenvalue weighted by atomic mass is 16.3. The summed E-state index contributed by atoms with van der Waals surface area (Å²) in [5.41, 5.74) is 1.78. The molecule has 3 aliphatic carbocycles. The molecule has 0 heterocycles. The molecule has 0 bridgehead atoms. The monoisotopic (exact) mass is 360 g/mol. The van der Waals surface area contributed by atoms with Gasteiger partial charge in [-0.15, -0.1) is 0 Å². The molecule has 26 heavy (non-hydrogen) atoms. The predicted molar refractivity (Wildman–Crippen MR) is 112 cm³/mol. The van der Waals surface area contributed by atoms with Gasteiger partial charge in [-0.1, -0.05) is 69.9 Å². The van der Waals surface area contributed by atoms with Crippen LogP contribution in [0, 0.1) is 23.7 Å². The summed E-state index contributed by atoms with van der Waals surface area (Å²) in [5.74, 6) is 3.90. The Labute approximate surface area is 163 Å². The second-order valence-electron chi connectivity index (χ2n) is 9.89. The van der Waals surface area contributed by atoms with Gasteiger partial charge in [-0.2, -0.15) is 0 Å². The van der Waals surface area contributed by atoms with Crippen LogP contribution < -0.4 is 0 Å². The van der Waals surface area contributed by atoms with Gasteiger partial charge in [-0.25, -0.2) is 0 Å². The van der Waals surface area contributed by atoms with E-state index in [9.17, 15) is 5.11 Å². The van der Waals surface area contributed by atoms with E-state index in [4.69, 9.17) is 0 Å². The highest BCUT2D eigenvalue weighted by Crippen LogP contribution is 2.40. The van der Waals surface area contributed by atoms with E-state index >= 15 is 0 Å². The Morgan fingerprint density at radius 1 is 0.808 bits per heavy atom. The first kappa shape index (κ1) is 20.4. The van der Waals surface area contributed by atoms with Gasteiger partial charge in [0.15, 0.2) is 0 Å². The van der Waals surface area contributed by atoms with Crippen LogP contribution in [0.4, 0.5) is 0 Å². The first-order valence-corrected chi connectivity index (χ1v) is 12.1. The minimum Gasteiger partial charge on any atom is -0.393 e. The van der Waals surface area contributed by atoms with Crippen molar-refractivity contribution in [1.29, 1.82) is 0 Å². The first-order valence-electron chi connectivity index (χ1n) is 12.1. The predicted octanol–water partition coefficient (Wildman–Crippen LogP) is 7.43. The molecule has 1 unspecified atom stereocenters. The van der Waals surface area contributed by atoms with E-state index in [1.807, 2.05) is 0 Å². The zero-order valence-electron chi connectivity index (χ0n) is 17.4. The summed E-state index contributed by atoms with van der Waals surface area (Å²) in [5, 5.41) is 9.72. The summed E-state index contributed by atoms with van der Waals surface area (Å²) in [6.45, 7) is 2.32. The Bertz CT molecular complexity index is 410. The maximum absolute atomic E-state index is 9.72. The van der Waals surface area contributed by atoms with Gasteiger partial charge in [0.05, 0.1) is 6.10 Å². The molecule has 3 rings (SSSR count). The number of unbranched alkanes of at least 4 members (excludes halogenated alkanes) is 2. The van der Waals surface area contributed by atoms with Crippen LogP contribution >= 0.6 is 0 Å². The van der Waals surface area contributed by atoms with E-state index in [1.165, 1.54) is 96.3 Å². The number of aliphatic hydroxyl groups is 1. The molecule has 1 atom stereocenters. The van der Waals surface area contributed by atoms with Crippen LogP contribution in [0.2, 0.25) is 0 Å². The molecule has 2 fully saturated rings. The summed E-state index contributed by atoms with van der Waals surface area (Å²) >= 11 is 0. The third kappa shape index (κ3) is 6.39. The van der Waals surface area contributed by atoms with Gasteiger partial charge in [0.1, 0.15) is 0 Å². The average Bonchev–Trinajstić information content (AvgIpc) is 2.69. The van der Waals surface area contributed by atoms with Crippen molar-refractivity contribution in [1.82, 2.24) is 0 Å². The normalized spacial score (nSPS) is 35.9. The average molecular weight is 361 g/mol. The molecule has 0 radical (unpaired) electrons. The van der Waals surface area contributed by atoms with Crippen LogP contribution in [0.15, 0.2) is 11.6 Å². The zero-order chi connectivity index (χ0) is 18.2. The molecule has 0 aromatic heterocycles. The van der Waals surface area contributed by atoms with Crippen LogP contribution in [0.25, 0.3) is 0 Å². The van der Waals surface area contributed by atoms with Gasteiger partial charge >= 0.3 is 0 Å². The molecule has 0 aromatic carbocycles. The number of rotatable bonds is 8. The van der Waals surface area contributed by atoms with Gasteiger partial charge in [-0.05, 0) is 81.5 Å². The molecule has 3 aliphatic rings. The highest BCUT2D eigenvalue weighted by molar-refractivity contribution is 5.07. The Hall–Kier alpha value is -0.300. The zero-order valence-corrected chi connectivity index (χ0v) is 17.4. The largest absolute Gasteiger partial charge is 0.393 e. The molecule has 1 N–H and O–H groups in total. The van der Waals surface area contributed by atoms with Gasteiger partial charge in [0.25, 0.3) is 0 Å². The summed E-state index contributed by atoms with van der Waals surface area (Å²) in [6, 6.07) is 0. The Morgan fingerprint density at radius 2 is 1.50 bits per heavy atom. The summed E-state index contributed by atoms with van der Waals surface area (Å²) in [6.07, 6.45) is 26.1. The lowest BCUT2D eigenvalue weighted by atomic mass is 9.72. The van der Waals surface area contributed by atoms with Crippen molar-refractivity contribution in [2.24, 2.45) is 23.7 Å². The third-order valence-corrected chi connectivity index (χ3v) is 8.01. The fourth-order valence-corrected chi connectivity index (χ4v) is 6.02. The SMILES string of the molecule is CCCCCC1CCC(CCC2=CCC(C3CCC(O)CC3)CC2)CC1. The van der Waals surface area contributed by atoms with E-state index in [0.29, 0.717) is 0 Å². The van der Waals surface area contributed by atoms with Crippen LogP contribution in [-0.2, 0) is 0 Å². The van der Waals surface area contributed by atoms with Crippen molar-refractivity contribution in [2.45, 2.75) is 122 Å². The molecule has 0 spiro atoms. The fraction of sp³-hybridized carbons (Fsp3) is 0.920. The Morgan fingerprint density at radius 3 is 2.12 bits per heavy atom. The van der Waals surface area contributed by atoms with Crippen LogP contribution in [0.1, 0.15) is 116 Å². The van der Waals surface area contributed by atoms with Crippen molar-refractivity contribution >= 4 is 0 Å². The molecule has 1 nitrogen and oxygen atoms in total. The molecule has 150 valence electrons. The van der Waals surface area contributed by atoms with Gasteiger partial charge in [0, 0.05) is 0 Å². The number of hydrogen-bond acceptors (Lipinski definition) is 1. The lowest BCUT2D eigenvalue weighted by Crippen LogP contribution is -2.25. The van der Waals surface area contributed by atoms with Crippen molar-refractivity contribution in [3.63, 3.8) is 0 Å². The first-order chi connectivity index (χ1) is 12.7. The third-order valence-electron chi connectivity index (χ3n) is 8.01. The molecule has 0 amide bonds. The number of allylic oxidation sites excluding steroid dienone is 2. The number of hydrogen-bond donors (Lipinski definition) is 1. The summed E-state index contributed by atoms with van der Waals surface area (Å²) in [4.78, 5) is 0. The highest BCUT2D eigenvalue weighted by Gasteiger charge is 2.28. The minimum absolute atomic E-state index is 0.00248. The maximum atomic E-state index is 9.72. The molecule has 0 saturated heterocycles. The van der Waals surface area contributed by atoms with E-state index in [-0.39, 0.29) is 6.10 Å². The second-order valence-corrected chi connectivity index (χ2v) is 9.89. The summed E-state index contributed by atoms with van der Waals surface area (Å²) in [7, 11) is 0. The smallest absolute Gasteiger partial charge is 0.0540 e. The molecule has 0 aliphatic heterocycles. The van der Waals surface area contributed by atoms with E-state index < -0.39 is 0 Å². The van der Waals surface area contributed by atoms with E-state index in [1.54, 1.807) is 5.57 Å². The maximum Gasteiger partial charge on any atom is 0.0540 e. The summed E-state index contributed by atoms with van der Waals surface area (Å²) < 4.78 is 0. The molecule has 1 heteroatoms. The molecule has 2 saturated carbocycles. The van der Waals surface area contributed by atoms with Gasteiger partial charge in [-0.3, -0.25) is 0 Å². The molecular weight excluding hydrogens is 316 g/mol. The van der Waals surface area contributed by atoms with Crippen molar-refractivity contribution < 1.29 is 5.11 Å². The lowest BCUT2D eigenvalue weighted by molar-refractivity contribution is 0.0884. The quantitative estimate of drug-likeness (QED) is 0.352. The van der Waals surface area contributed by atoms with Crippen LogP contribution in [0.5, 0.6) is 0 Å². The van der Waals surface area contributed by atoms with E-state index in [0.717, 1.165) is 36.5 Å². The van der Waals surface area contributed by atoms with Crippen molar-refractivity contribution in [2.75, 3.05) is 0 Å².